The maximum absolute atomic E-state index is 13.9. The van der Waals surface area contributed by atoms with Crippen LogP contribution < -0.4 is 0 Å². The number of hydrogen-bond donors (Lipinski definition) is 0. The molecule has 1 fully saturated rings. The van der Waals surface area contributed by atoms with Crippen LogP contribution in [0.5, 0.6) is 0 Å². The van der Waals surface area contributed by atoms with Gasteiger partial charge in [0.25, 0.3) is 0 Å². The lowest BCUT2D eigenvalue weighted by Crippen LogP contribution is -2.27. The molecule has 1 aliphatic heterocycles. The highest BCUT2D eigenvalue weighted by Gasteiger charge is 2.36. The van der Waals surface area contributed by atoms with Gasteiger partial charge in [-0.3, -0.25) is 0 Å². The zero-order valence-corrected chi connectivity index (χ0v) is 14.6. The fraction of sp³-hybridized carbons (Fsp3) is 0.368. The number of benzene rings is 2. The number of halogens is 5. The van der Waals surface area contributed by atoms with Gasteiger partial charge in [-0.25, -0.2) is 22.0 Å². The second-order valence-electron chi connectivity index (χ2n) is 6.20. The monoisotopic (exact) mass is 388 g/mol. The van der Waals surface area contributed by atoms with Crippen LogP contribution in [0.1, 0.15) is 18.1 Å². The zero-order valence-electron chi connectivity index (χ0n) is 14.6. The van der Waals surface area contributed by atoms with E-state index in [1.165, 1.54) is 24.3 Å². The summed E-state index contributed by atoms with van der Waals surface area (Å²) in [5, 5.41) is 0. The molecular weight excluding hydrogens is 371 g/mol. The fourth-order valence-electron chi connectivity index (χ4n) is 3.21. The molecule has 0 bridgehead atoms. The molecule has 2 aromatic carbocycles. The normalized spacial score (nSPS) is 22.4. The van der Waals surface area contributed by atoms with Gasteiger partial charge in [-0.2, -0.15) is 0 Å². The highest BCUT2D eigenvalue weighted by atomic mass is 19.2. The van der Waals surface area contributed by atoms with Crippen molar-refractivity contribution in [3.05, 3.63) is 58.9 Å². The van der Waals surface area contributed by atoms with Gasteiger partial charge in [0.1, 0.15) is 6.10 Å². The Hall–Kier alpha value is -2.03. The third kappa shape index (κ3) is 3.56. The number of methoxy groups -OCH3 is 2. The molecule has 1 saturated heterocycles. The Kier molecular flexibility index (Phi) is 5.78. The number of hydrogen-bond acceptors (Lipinski definition) is 3. The van der Waals surface area contributed by atoms with Crippen LogP contribution in [-0.2, 0) is 14.2 Å². The van der Waals surface area contributed by atoms with Gasteiger partial charge in [0.15, 0.2) is 23.3 Å². The molecule has 0 radical (unpaired) electrons. The Morgan fingerprint density at radius 1 is 0.889 bits per heavy atom. The largest absolute Gasteiger partial charge is 0.382 e. The van der Waals surface area contributed by atoms with E-state index in [4.69, 9.17) is 14.2 Å². The number of ether oxygens (including phenoxy) is 3. The Morgan fingerprint density at radius 2 is 1.44 bits per heavy atom. The van der Waals surface area contributed by atoms with Gasteiger partial charge in [0.2, 0.25) is 5.82 Å². The minimum atomic E-state index is -2.18. The van der Waals surface area contributed by atoms with Gasteiger partial charge in [0, 0.05) is 20.6 Å². The van der Waals surface area contributed by atoms with Crippen LogP contribution >= 0.6 is 0 Å². The standard InChI is InChI=1S/C19H17F5O3/c1-25-8-13-12(26-2)7-11(27-13)9-3-5-10(6-4-9)14-15(20)17(22)19(24)18(23)16(14)21/h3-6,11-13H,7-8H2,1-2H3/t11-,12+,13-/m1/s1. The average Bonchev–Trinajstić information content (AvgIpc) is 3.09. The van der Waals surface area contributed by atoms with Crippen LogP contribution in [0.25, 0.3) is 11.1 Å². The van der Waals surface area contributed by atoms with Gasteiger partial charge >= 0.3 is 0 Å². The first-order valence-electron chi connectivity index (χ1n) is 8.18. The molecular formula is C19H17F5O3. The van der Waals surface area contributed by atoms with E-state index >= 15 is 0 Å². The van der Waals surface area contributed by atoms with Crippen LogP contribution in [-0.4, -0.2) is 33.0 Å². The molecule has 0 N–H and O–H groups in total. The van der Waals surface area contributed by atoms with Crippen LogP contribution in [0.4, 0.5) is 22.0 Å². The van der Waals surface area contributed by atoms with E-state index in [-0.39, 0.29) is 23.9 Å². The topological polar surface area (TPSA) is 27.7 Å². The third-order valence-corrected chi connectivity index (χ3v) is 4.61. The van der Waals surface area contributed by atoms with Crippen LogP contribution in [0.2, 0.25) is 0 Å². The molecule has 0 spiro atoms. The Balaban J connectivity index is 1.89. The molecule has 0 saturated carbocycles. The van der Waals surface area contributed by atoms with E-state index in [0.29, 0.717) is 18.6 Å². The van der Waals surface area contributed by atoms with Gasteiger partial charge in [-0.1, -0.05) is 24.3 Å². The maximum atomic E-state index is 13.9. The lowest BCUT2D eigenvalue weighted by Gasteiger charge is -2.16. The molecule has 3 atom stereocenters. The molecule has 27 heavy (non-hydrogen) atoms. The summed E-state index contributed by atoms with van der Waals surface area (Å²) in [5.74, 6) is -9.86. The van der Waals surface area contributed by atoms with Crippen molar-refractivity contribution in [2.24, 2.45) is 0 Å². The van der Waals surface area contributed by atoms with E-state index in [9.17, 15) is 22.0 Å². The maximum Gasteiger partial charge on any atom is 0.200 e. The van der Waals surface area contributed by atoms with E-state index in [1.54, 1.807) is 14.2 Å². The van der Waals surface area contributed by atoms with Gasteiger partial charge in [-0.15, -0.1) is 0 Å². The van der Waals surface area contributed by atoms with E-state index in [1.807, 2.05) is 0 Å². The SMILES string of the molecule is COC[C@H]1O[C@@H](c2ccc(-c3c(F)c(F)c(F)c(F)c3F)cc2)C[C@@H]1OC. The lowest BCUT2D eigenvalue weighted by atomic mass is 9.99. The summed E-state index contributed by atoms with van der Waals surface area (Å²) in [7, 11) is 3.10. The molecule has 1 aliphatic rings. The molecule has 0 aromatic heterocycles. The predicted octanol–water partition coefficient (Wildman–Crippen LogP) is 4.54. The van der Waals surface area contributed by atoms with Crippen LogP contribution in [0.15, 0.2) is 24.3 Å². The average molecular weight is 388 g/mol. The van der Waals surface area contributed by atoms with Crippen molar-refractivity contribution in [2.75, 3.05) is 20.8 Å². The molecule has 3 nitrogen and oxygen atoms in total. The van der Waals surface area contributed by atoms with Crippen molar-refractivity contribution in [2.45, 2.75) is 24.7 Å². The highest BCUT2D eigenvalue weighted by molar-refractivity contribution is 5.65. The summed E-state index contributed by atoms with van der Waals surface area (Å²) < 4.78 is 84.2. The quantitative estimate of drug-likeness (QED) is 0.428. The third-order valence-electron chi connectivity index (χ3n) is 4.61. The summed E-state index contributed by atoms with van der Waals surface area (Å²) >= 11 is 0. The Labute approximate surface area is 152 Å². The highest BCUT2D eigenvalue weighted by Crippen LogP contribution is 2.37. The summed E-state index contributed by atoms with van der Waals surface area (Å²) in [5.41, 5.74) is -0.387. The van der Waals surface area contributed by atoms with Gasteiger partial charge in [0.05, 0.1) is 24.4 Å². The van der Waals surface area contributed by atoms with Crippen molar-refractivity contribution >= 4 is 0 Å². The Bertz CT molecular complexity index is 796. The molecule has 146 valence electrons. The minimum Gasteiger partial charge on any atom is -0.382 e. The zero-order chi connectivity index (χ0) is 19.7. The van der Waals surface area contributed by atoms with Crippen LogP contribution in [0, 0.1) is 29.1 Å². The lowest BCUT2D eigenvalue weighted by molar-refractivity contribution is -0.0445. The molecule has 1 heterocycles. The molecule has 0 unspecified atom stereocenters. The predicted molar refractivity (Wildman–Crippen MR) is 86.6 cm³/mol. The van der Waals surface area contributed by atoms with E-state index in [2.05, 4.69) is 0 Å². The molecule has 2 aromatic rings. The Morgan fingerprint density at radius 3 is 1.96 bits per heavy atom. The molecule has 0 aliphatic carbocycles. The first-order valence-corrected chi connectivity index (χ1v) is 8.18. The second-order valence-corrected chi connectivity index (χ2v) is 6.20. The summed E-state index contributed by atoms with van der Waals surface area (Å²) in [4.78, 5) is 0. The van der Waals surface area contributed by atoms with E-state index < -0.39 is 34.6 Å². The van der Waals surface area contributed by atoms with Gasteiger partial charge in [-0.05, 0) is 11.1 Å². The van der Waals surface area contributed by atoms with Crippen molar-refractivity contribution < 1.29 is 36.2 Å². The summed E-state index contributed by atoms with van der Waals surface area (Å²) in [6, 6.07) is 5.64. The molecule has 8 heteroatoms. The van der Waals surface area contributed by atoms with Gasteiger partial charge < -0.3 is 14.2 Å². The van der Waals surface area contributed by atoms with Crippen molar-refractivity contribution in [1.82, 2.24) is 0 Å². The van der Waals surface area contributed by atoms with E-state index in [0.717, 1.165) is 0 Å². The second kappa shape index (κ2) is 7.92. The first kappa shape index (κ1) is 19.7. The molecule has 0 amide bonds. The van der Waals surface area contributed by atoms with Crippen molar-refractivity contribution in [1.29, 1.82) is 0 Å². The van der Waals surface area contributed by atoms with Crippen LogP contribution in [0.3, 0.4) is 0 Å². The fourth-order valence-corrected chi connectivity index (χ4v) is 3.21. The number of rotatable bonds is 5. The smallest absolute Gasteiger partial charge is 0.200 e. The van der Waals surface area contributed by atoms with Crippen molar-refractivity contribution in [3.63, 3.8) is 0 Å². The summed E-state index contributed by atoms with van der Waals surface area (Å²) in [6.45, 7) is 0.345. The summed E-state index contributed by atoms with van der Waals surface area (Å²) in [6.07, 6.45) is -0.225. The van der Waals surface area contributed by atoms with Crippen molar-refractivity contribution in [3.8, 4) is 11.1 Å². The first-order chi connectivity index (χ1) is 12.9. The molecule has 3 rings (SSSR count). The minimum absolute atomic E-state index is 0.124.